The lowest BCUT2D eigenvalue weighted by molar-refractivity contribution is 0.0832. The molecule has 0 atom stereocenters. The van der Waals surface area contributed by atoms with Crippen LogP contribution in [0.25, 0.3) is 0 Å². The fourth-order valence-corrected chi connectivity index (χ4v) is 3.99. The molecule has 3 rings (SSSR count). The Morgan fingerprint density at radius 1 is 1.08 bits per heavy atom. The van der Waals surface area contributed by atoms with Gasteiger partial charge < -0.3 is 10.1 Å². The Bertz CT molecular complexity index is 878. The molecule has 1 amide bonds. The molecule has 0 radical (unpaired) electrons. The quantitative estimate of drug-likeness (QED) is 0.837. The highest BCUT2D eigenvalue weighted by atomic mass is 32.2. The summed E-state index contributed by atoms with van der Waals surface area (Å²) in [5, 5.41) is 2.61. The van der Waals surface area contributed by atoms with Crippen LogP contribution >= 0.6 is 0 Å². The van der Waals surface area contributed by atoms with Gasteiger partial charge in [-0.15, -0.1) is 0 Å². The van der Waals surface area contributed by atoms with E-state index in [1.165, 1.54) is 48.5 Å². The predicted octanol–water partition coefficient (Wildman–Crippen LogP) is 2.54. The average molecular weight is 378 g/mol. The number of sulfonamides is 1. The Morgan fingerprint density at radius 3 is 2.46 bits per heavy atom. The van der Waals surface area contributed by atoms with E-state index in [0.717, 1.165) is 0 Å². The minimum Gasteiger partial charge on any atom is -0.381 e. The van der Waals surface area contributed by atoms with Crippen molar-refractivity contribution in [3.63, 3.8) is 0 Å². The molecule has 1 aliphatic rings. The van der Waals surface area contributed by atoms with Crippen LogP contribution in [-0.2, 0) is 14.8 Å². The number of halogens is 1. The van der Waals surface area contributed by atoms with Crippen LogP contribution in [-0.4, -0.2) is 33.6 Å². The third kappa shape index (κ3) is 4.66. The van der Waals surface area contributed by atoms with Crippen LogP contribution in [0.5, 0.6) is 0 Å². The molecule has 26 heavy (non-hydrogen) atoms. The van der Waals surface area contributed by atoms with E-state index in [4.69, 9.17) is 4.74 Å². The molecule has 1 heterocycles. The van der Waals surface area contributed by atoms with Crippen molar-refractivity contribution in [2.24, 2.45) is 0 Å². The summed E-state index contributed by atoms with van der Waals surface area (Å²) in [6.45, 7) is 1.04. The zero-order valence-corrected chi connectivity index (χ0v) is 14.8. The molecule has 0 aliphatic carbocycles. The van der Waals surface area contributed by atoms with Gasteiger partial charge in [0.05, 0.1) is 4.90 Å². The third-order valence-corrected chi connectivity index (χ3v) is 5.57. The summed E-state index contributed by atoms with van der Waals surface area (Å²) >= 11 is 0. The van der Waals surface area contributed by atoms with Gasteiger partial charge in [0.15, 0.2) is 0 Å². The molecule has 0 aromatic heterocycles. The second kappa shape index (κ2) is 7.94. The van der Waals surface area contributed by atoms with Crippen LogP contribution in [0, 0.1) is 5.82 Å². The molecule has 0 saturated carbocycles. The molecule has 0 spiro atoms. The number of anilines is 1. The van der Waals surface area contributed by atoms with Crippen LogP contribution in [0.15, 0.2) is 53.4 Å². The van der Waals surface area contributed by atoms with Crippen LogP contribution in [0.2, 0.25) is 0 Å². The van der Waals surface area contributed by atoms with E-state index in [0.29, 0.717) is 31.7 Å². The lowest BCUT2D eigenvalue weighted by atomic mass is 10.1. The van der Waals surface area contributed by atoms with Crippen molar-refractivity contribution in [2.45, 2.75) is 23.8 Å². The average Bonchev–Trinajstić information content (AvgIpc) is 2.64. The number of hydrogen-bond donors (Lipinski definition) is 2. The lowest BCUT2D eigenvalue weighted by Crippen LogP contribution is -2.38. The van der Waals surface area contributed by atoms with Gasteiger partial charge in [-0.1, -0.05) is 6.07 Å². The molecule has 8 heteroatoms. The molecule has 1 saturated heterocycles. The molecular formula is C18H19FN2O4S. The number of nitrogens with one attached hydrogen (secondary N) is 2. The predicted molar refractivity (Wildman–Crippen MR) is 95.0 cm³/mol. The molecular weight excluding hydrogens is 359 g/mol. The first-order chi connectivity index (χ1) is 12.4. The van der Waals surface area contributed by atoms with E-state index in [1.54, 1.807) is 0 Å². The summed E-state index contributed by atoms with van der Waals surface area (Å²) in [6, 6.07) is 10.9. The van der Waals surface area contributed by atoms with Gasteiger partial charge in [0.2, 0.25) is 10.0 Å². The summed E-state index contributed by atoms with van der Waals surface area (Å²) < 4.78 is 45.9. The normalized spacial score (nSPS) is 15.6. The first kappa shape index (κ1) is 18.5. The minimum absolute atomic E-state index is 0.0238. The fourth-order valence-electron chi connectivity index (χ4n) is 2.64. The van der Waals surface area contributed by atoms with Gasteiger partial charge in [0, 0.05) is 30.5 Å². The highest BCUT2D eigenvalue weighted by molar-refractivity contribution is 7.89. The Labute approximate surface area is 151 Å². The van der Waals surface area contributed by atoms with Crippen molar-refractivity contribution >= 4 is 21.6 Å². The molecule has 2 aromatic rings. The summed E-state index contributed by atoms with van der Waals surface area (Å²) in [5.41, 5.74) is 0.620. The van der Waals surface area contributed by atoms with Gasteiger partial charge in [-0.2, -0.15) is 0 Å². The monoisotopic (exact) mass is 378 g/mol. The summed E-state index contributed by atoms with van der Waals surface area (Å²) in [7, 11) is -3.73. The summed E-state index contributed by atoms with van der Waals surface area (Å²) in [4.78, 5) is 12.4. The van der Waals surface area contributed by atoms with Crippen LogP contribution in [0.1, 0.15) is 23.2 Å². The molecule has 0 unspecified atom stereocenters. The Hall–Kier alpha value is -2.29. The highest BCUT2D eigenvalue weighted by Crippen LogP contribution is 2.16. The van der Waals surface area contributed by atoms with Crippen molar-refractivity contribution < 1.29 is 22.3 Å². The smallest absolute Gasteiger partial charge is 0.255 e. The first-order valence-corrected chi connectivity index (χ1v) is 9.69. The molecule has 1 fully saturated rings. The maximum absolute atomic E-state index is 12.9. The first-order valence-electron chi connectivity index (χ1n) is 8.21. The second-order valence-electron chi connectivity index (χ2n) is 6.00. The molecule has 2 N–H and O–H groups in total. The zero-order valence-electron chi connectivity index (χ0n) is 13.9. The molecule has 0 bridgehead atoms. The van der Waals surface area contributed by atoms with Crippen LogP contribution in [0.4, 0.5) is 10.1 Å². The molecule has 6 nitrogen and oxygen atoms in total. The molecule has 138 valence electrons. The van der Waals surface area contributed by atoms with E-state index in [1.807, 2.05) is 0 Å². The topological polar surface area (TPSA) is 84.5 Å². The maximum atomic E-state index is 12.9. The maximum Gasteiger partial charge on any atom is 0.255 e. The van der Waals surface area contributed by atoms with Crippen LogP contribution in [0.3, 0.4) is 0 Å². The largest absolute Gasteiger partial charge is 0.381 e. The number of benzene rings is 2. The van der Waals surface area contributed by atoms with Crippen molar-refractivity contribution in [1.82, 2.24) is 4.72 Å². The number of rotatable bonds is 5. The molecule has 1 aliphatic heterocycles. The third-order valence-electron chi connectivity index (χ3n) is 4.05. The Balaban J connectivity index is 1.74. The SMILES string of the molecule is O=C(Nc1ccc(F)cc1)c1cccc(S(=O)(=O)NC2CCOCC2)c1. The Kier molecular flexibility index (Phi) is 5.65. The van der Waals surface area contributed by atoms with E-state index < -0.39 is 21.7 Å². The fraction of sp³-hybridized carbons (Fsp3) is 0.278. The zero-order chi connectivity index (χ0) is 18.6. The number of carbonyl (C=O) groups excluding carboxylic acids is 1. The van der Waals surface area contributed by atoms with Crippen molar-refractivity contribution in [3.05, 3.63) is 59.9 Å². The highest BCUT2D eigenvalue weighted by Gasteiger charge is 2.23. The second-order valence-corrected chi connectivity index (χ2v) is 7.71. The number of amides is 1. The van der Waals surface area contributed by atoms with Crippen molar-refractivity contribution in [1.29, 1.82) is 0 Å². The standard InChI is InChI=1S/C18H19FN2O4S/c19-14-4-6-15(7-5-14)20-18(22)13-2-1-3-17(12-13)26(23,24)21-16-8-10-25-11-9-16/h1-7,12,16,21H,8-11H2,(H,20,22). The minimum atomic E-state index is -3.73. The summed E-state index contributed by atoms with van der Waals surface area (Å²) in [5.74, 6) is -0.880. The van der Waals surface area contributed by atoms with E-state index in [2.05, 4.69) is 10.0 Å². The summed E-state index contributed by atoms with van der Waals surface area (Å²) in [6.07, 6.45) is 1.23. The molecule has 2 aromatic carbocycles. The van der Waals surface area contributed by atoms with Gasteiger partial charge in [0.25, 0.3) is 5.91 Å². The van der Waals surface area contributed by atoms with Gasteiger partial charge in [-0.3, -0.25) is 4.79 Å². The number of ether oxygens (including phenoxy) is 1. The number of hydrogen-bond acceptors (Lipinski definition) is 4. The van der Waals surface area contributed by atoms with E-state index in [-0.39, 0.29) is 16.5 Å². The number of carbonyl (C=O) groups is 1. The Morgan fingerprint density at radius 2 is 1.77 bits per heavy atom. The van der Waals surface area contributed by atoms with Crippen molar-refractivity contribution in [2.75, 3.05) is 18.5 Å². The van der Waals surface area contributed by atoms with Gasteiger partial charge >= 0.3 is 0 Å². The van der Waals surface area contributed by atoms with Gasteiger partial charge in [-0.25, -0.2) is 17.5 Å². The van der Waals surface area contributed by atoms with Crippen molar-refractivity contribution in [3.8, 4) is 0 Å². The van der Waals surface area contributed by atoms with Gasteiger partial charge in [0.1, 0.15) is 5.82 Å². The lowest BCUT2D eigenvalue weighted by Gasteiger charge is -2.23. The van der Waals surface area contributed by atoms with E-state index in [9.17, 15) is 17.6 Å². The van der Waals surface area contributed by atoms with Crippen LogP contribution < -0.4 is 10.0 Å². The van der Waals surface area contributed by atoms with Gasteiger partial charge in [-0.05, 0) is 55.3 Å². The van der Waals surface area contributed by atoms with E-state index >= 15 is 0 Å².